The molecule has 0 bridgehead atoms. The molecule has 1 aliphatic rings. The molecule has 0 spiro atoms. The van der Waals surface area contributed by atoms with Crippen LogP contribution in [-0.4, -0.2) is 79.8 Å². The number of carbonyl (C=O) groups is 2. The smallest absolute Gasteiger partial charge is 0.318 e. The second-order valence-corrected chi connectivity index (χ2v) is 8.06. The number of morpholine rings is 1. The number of carboxylic acid groups (broad SMARTS) is 1. The summed E-state index contributed by atoms with van der Waals surface area (Å²) in [5, 5.41) is 9.20. The molecule has 1 atom stereocenters. The molecule has 1 aromatic rings. The van der Waals surface area contributed by atoms with Gasteiger partial charge >= 0.3 is 5.97 Å². The van der Waals surface area contributed by atoms with Crippen molar-refractivity contribution in [2.45, 2.75) is 6.10 Å². The number of hydrogen-bond acceptors (Lipinski definition) is 5. The van der Waals surface area contributed by atoms with Gasteiger partial charge in [-0.3, -0.25) is 9.59 Å². The molecule has 1 aliphatic heterocycles. The molecule has 1 heterocycles. The Bertz CT molecular complexity index is 754. The fourth-order valence-electron chi connectivity index (χ4n) is 2.51. The molecule has 138 valence electrons. The van der Waals surface area contributed by atoms with E-state index in [4.69, 9.17) is 21.4 Å². The number of ether oxygens (including phenoxy) is 1. The molecule has 1 aromatic carbocycles. The van der Waals surface area contributed by atoms with Gasteiger partial charge in [0, 0.05) is 19.6 Å². The van der Waals surface area contributed by atoms with Crippen molar-refractivity contribution in [3.63, 3.8) is 0 Å². The third-order valence-corrected chi connectivity index (χ3v) is 5.26. The fraction of sp³-hybridized carbons (Fsp3) is 0.467. The first-order valence-corrected chi connectivity index (χ1v) is 9.73. The summed E-state index contributed by atoms with van der Waals surface area (Å²) in [6, 6.07) is 6.65. The Labute approximate surface area is 151 Å². The molecule has 1 amide bonds. The minimum absolute atomic E-state index is 0.141. The molecule has 1 fully saturated rings. The summed E-state index contributed by atoms with van der Waals surface area (Å²) in [5.74, 6) is -1.53. The normalized spacial score (nSPS) is 18.4. The van der Waals surface area contributed by atoms with Crippen LogP contribution in [0.2, 0.25) is 5.02 Å². The van der Waals surface area contributed by atoms with Crippen LogP contribution in [0.4, 0.5) is 0 Å². The van der Waals surface area contributed by atoms with Gasteiger partial charge in [-0.05, 0) is 12.1 Å². The van der Waals surface area contributed by atoms with Crippen molar-refractivity contribution in [3.05, 3.63) is 34.9 Å². The van der Waals surface area contributed by atoms with E-state index >= 15 is 0 Å². The fourth-order valence-corrected chi connectivity index (χ4v) is 3.51. The van der Waals surface area contributed by atoms with Crippen LogP contribution in [-0.2, 0) is 19.6 Å². The van der Waals surface area contributed by atoms with E-state index in [1.807, 2.05) is 0 Å². The Morgan fingerprint density at radius 2 is 2.08 bits per heavy atom. The molecule has 0 radical (unpaired) electrons. The summed E-state index contributed by atoms with van der Waals surface area (Å²) < 4.78 is 29.8. The Morgan fingerprint density at radius 1 is 1.40 bits per heavy atom. The zero-order valence-corrected chi connectivity index (χ0v) is 15.2. The van der Waals surface area contributed by atoms with Gasteiger partial charge in [0.1, 0.15) is 6.54 Å². The van der Waals surface area contributed by atoms with E-state index in [1.165, 1.54) is 4.90 Å². The third kappa shape index (κ3) is 5.40. The van der Waals surface area contributed by atoms with E-state index in [0.29, 0.717) is 17.1 Å². The van der Waals surface area contributed by atoms with Crippen molar-refractivity contribution < 1.29 is 27.9 Å². The van der Waals surface area contributed by atoms with E-state index in [9.17, 15) is 18.0 Å². The highest BCUT2D eigenvalue weighted by molar-refractivity contribution is 7.88. The minimum Gasteiger partial charge on any atom is -0.480 e. The molecule has 0 aliphatic carbocycles. The Morgan fingerprint density at radius 3 is 2.68 bits per heavy atom. The molecular weight excluding hydrogens is 372 g/mol. The van der Waals surface area contributed by atoms with Crippen LogP contribution in [0.5, 0.6) is 0 Å². The maximum atomic E-state index is 12.6. The van der Waals surface area contributed by atoms with Gasteiger partial charge in [0.05, 0.1) is 29.6 Å². The second-order valence-electron chi connectivity index (χ2n) is 5.67. The molecule has 1 N–H and O–H groups in total. The Hall–Kier alpha value is -1.68. The van der Waals surface area contributed by atoms with Crippen molar-refractivity contribution in [3.8, 4) is 0 Å². The molecule has 1 saturated heterocycles. The number of sulfonamides is 1. The number of carboxylic acids is 1. The monoisotopic (exact) mass is 390 g/mol. The summed E-state index contributed by atoms with van der Waals surface area (Å²) in [5.41, 5.74) is 0.357. The molecule has 25 heavy (non-hydrogen) atoms. The third-order valence-electron chi connectivity index (χ3n) is 3.72. The maximum Gasteiger partial charge on any atom is 0.318 e. The van der Waals surface area contributed by atoms with E-state index in [1.54, 1.807) is 24.3 Å². The zero-order chi connectivity index (χ0) is 18.6. The first-order valence-electron chi connectivity index (χ1n) is 7.51. The van der Waals surface area contributed by atoms with Crippen LogP contribution in [0.3, 0.4) is 0 Å². The predicted molar refractivity (Wildman–Crippen MR) is 91.1 cm³/mol. The molecule has 10 heteroatoms. The van der Waals surface area contributed by atoms with Crippen LogP contribution in [0.25, 0.3) is 0 Å². The van der Waals surface area contributed by atoms with E-state index < -0.39 is 28.6 Å². The highest BCUT2D eigenvalue weighted by Crippen LogP contribution is 2.19. The Kier molecular flexibility index (Phi) is 6.39. The van der Waals surface area contributed by atoms with Gasteiger partial charge in [0.15, 0.2) is 0 Å². The number of benzene rings is 1. The number of nitrogens with zero attached hydrogens (tertiary/aromatic N) is 2. The summed E-state index contributed by atoms with van der Waals surface area (Å²) >= 11 is 6.04. The largest absolute Gasteiger partial charge is 0.480 e. The highest BCUT2D eigenvalue weighted by atomic mass is 35.5. The lowest BCUT2D eigenvalue weighted by Crippen LogP contribution is -2.51. The molecular formula is C15H19ClN2O6S. The van der Waals surface area contributed by atoms with Gasteiger partial charge in [-0.15, -0.1) is 0 Å². The number of aliphatic carboxylic acids is 1. The lowest BCUT2D eigenvalue weighted by Gasteiger charge is -2.35. The predicted octanol–water partition coefficient (Wildman–Crippen LogP) is 0.527. The van der Waals surface area contributed by atoms with Crippen LogP contribution in [0.1, 0.15) is 10.4 Å². The van der Waals surface area contributed by atoms with Gasteiger partial charge in [0.2, 0.25) is 10.0 Å². The molecule has 0 aromatic heterocycles. The molecule has 2 rings (SSSR count). The van der Waals surface area contributed by atoms with E-state index in [-0.39, 0.29) is 25.6 Å². The number of hydrogen-bond donors (Lipinski definition) is 1. The molecule has 0 saturated carbocycles. The quantitative estimate of drug-likeness (QED) is 0.759. The van der Waals surface area contributed by atoms with Crippen molar-refractivity contribution >= 4 is 33.5 Å². The minimum atomic E-state index is -3.71. The van der Waals surface area contributed by atoms with Crippen LogP contribution < -0.4 is 0 Å². The van der Waals surface area contributed by atoms with Gasteiger partial charge in [0.25, 0.3) is 5.91 Å². The highest BCUT2D eigenvalue weighted by Gasteiger charge is 2.30. The summed E-state index contributed by atoms with van der Waals surface area (Å²) in [4.78, 5) is 25.0. The van der Waals surface area contributed by atoms with Crippen molar-refractivity contribution in [1.82, 2.24) is 9.21 Å². The van der Waals surface area contributed by atoms with Crippen molar-refractivity contribution in [1.29, 1.82) is 0 Å². The van der Waals surface area contributed by atoms with Gasteiger partial charge < -0.3 is 14.7 Å². The average molecular weight is 391 g/mol. The number of amides is 1. The number of carbonyl (C=O) groups excluding carboxylic acids is 1. The van der Waals surface area contributed by atoms with Crippen LogP contribution in [0.15, 0.2) is 24.3 Å². The SMILES string of the molecule is CS(=O)(=O)N(CC(=O)O)CC1CN(C(=O)c2ccccc2Cl)CCO1. The van der Waals surface area contributed by atoms with Gasteiger partial charge in [-0.1, -0.05) is 23.7 Å². The molecule has 1 unspecified atom stereocenters. The second kappa shape index (κ2) is 8.13. The lowest BCUT2D eigenvalue weighted by atomic mass is 10.1. The zero-order valence-electron chi connectivity index (χ0n) is 13.6. The standard InChI is InChI=1S/C15H19ClN2O6S/c1-25(22,23)18(10-14(19)20)9-11-8-17(6-7-24-11)15(21)12-4-2-3-5-13(12)16/h2-5,11H,6-10H2,1H3,(H,19,20). The topological polar surface area (TPSA) is 104 Å². The van der Waals surface area contributed by atoms with E-state index in [2.05, 4.69) is 0 Å². The number of rotatable bonds is 6. The van der Waals surface area contributed by atoms with Crippen molar-refractivity contribution in [2.24, 2.45) is 0 Å². The number of halogens is 1. The first-order chi connectivity index (χ1) is 11.7. The summed E-state index contributed by atoms with van der Waals surface area (Å²) in [6.07, 6.45) is 0.320. The summed E-state index contributed by atoms with van der Waals surface area (Å²) in [6.45, 7) is -0.0752. The summed E-state index contributed by atoms with van der Waals surface area (Å²) in [7, 11) is -3.71. The van der Waals surface area contributed by atoms with Crippen LogP contribution in [0, 0.1) is 0 Å². The lowest BCUT2D eigenvalue weighted by molar-refractivity contribution is -0.137. The van der Waals surface area contributed by atoms with Gasteiger partial charge in [-0.25, -0.2) is 8.42 Å². The Balaban J connectivity index is 2.08. The van der Waals surface area contributed by atoms with Crippen molar-refractivity contribution in [2.75, 3.05) is 39.0 Å². The molecule has 8 nitrogen and oxygen atoms in total. The maximum absolute atomic E-state index is 12.6. The van der Waals surface area contributed by atoms with E-state index in [0.717, 1.165) is 10.6 Å². The average Bonchev–Trinajstić information content (AvgIpc) is 2.53. The van der Waals surface area contributed by atoms with Crippen LogP contribution >= 0.6 is 11.6 Å². The first kappa shape index (κ1) is 19.6. The van der Waals surface area contributed by atoms with Gasteiger partial charge in [-0.2, -0.15) is 4.31 Å².